The summed E-state index contributed by atoms with van der Waals surface area (Å²) in [4.78, 5) is 24.4. The molecule has 0 bridgehead atoms. The number of nitrogens with one attached hydrogen (secondary N) is 1. The molecule has 0 aromatic heterocycles. The molecule has 0 aliphatic heterocycles. The van der Waals surface area contributed by atoms with E-state index in [4.69, 9.17) is 18.9 Å². The number of ether oxygens (including phenoxy) is 4. The largest absolute Gasteiger partial charge is 0.464 e. The van der Waals surface area contributed by atoms with E-state index in [9.17, 15) is 9.59 Å². The van der Waals surface area contributed by atoms with Crippen LogP contribution < -0.4 is 5.32 Å². The third-order valence-corrected chi connectivity index (χ3v) is 3.54. The van der Waals surface area contributed by atoms with Gasteiger partial charge in [0.1, 0.15) is 5.60 Å². The fourth-order valence-corrected chi connectivity index (χ4v) is 2.03. The van der Waals surface area contributed by atoms with Gasteiger partial charge in [0.15, 0.2) is 6.04 Å². The van der Waals surface area contributed by atoms with Crippen molar-refractivity contribution in [3.8, 4) is 0 Å². The van der Waals surface area contributed by atoms with Gasteiger partial charge in [0.2, 0.25) is 0 Å². The fraction of sp³-hybridized carbons (Fsp3) is 0.600. The molecule has 0 aliphatic carbocycles. The number of alkyl carbamates (subject to hydrolysis) is 1. The van der Waals surface area contributed by atoms with Crippen LogP contribution in [0.25, 0.3) is 0 Å². The lowest BCUT2D eigenvalue weighted by Crippen LogP contribution is -2.47. The Labute approximate surface area is 161 Å². The predicted molar refractivity (Wildman–Crippen MR) is 101 cm³/mol. The summed E-state index contributed by atoms with van der Waals surface area (Å²) in [5, 5.41) is 2.52. The van der Waals surface area contributed by atoms with Gasteiger partial charge < -0.3 is 24.3 Å². The third kappa shape index (κ3) is 10.6. The lowest BCUT2D eigenvalue weighted by Gasteiger charge is -2.23. The van der Waals surface area contributed by atoms with Gasteiger partial charge in [0, 0.05) is 13.5 Å². The molecule has 0 fully saturated rings. The van der Waals surface area contributed by atoms with E-state index in [0.29, 0.717) is 13.0 Å². The highest BCUT2D eigenvalue weighted by Gasteiger charge is 2.26. The number of methoxy groups -OCH3 is 1. The molecule has 2 atom stereocenters. The zero-order valence-electron chi connectivity index (χ0n) is 16.8. The molecule has 7 nitrogen and oxygen atoms in total. The van der Waals surface area contributed by atoms with E-state index in [1.165, 1.54) is 0 Å². The van der Waals surface area contributed by atoms with Crippen molar-refractivity contribution in [3.63, 3.8) is 0 Å². The van der Waals surface area contributed by atoms with Gasteiger partial charge in [-0.3, -0.25) is 0 Å². The number of hydrogen-bond donors (Lipinski definition) is 1. The maximum Gasteiger partial charge on any atom is 0.408 e. The van der Waals surface area contributed by atoms with Crippen LogP contribution in [0, 0.1) is 0 Å². The molecule has 0 heterocycles. The second kappa shape index (κ2) is 11.6. The first-order valence-corrected chi connectivity index (χ1v) is 9.02. The van der Waals surface area contributed by atoms with Gasteiger partial charge >= 0.3 is 12.1 Å². The normalized spacial score (nSPS) is 13.5. The minimum atomic E-state index is -0.957. The van der Waals surface area contributed by atoms with Crippen LogP contribution in [0.2, 0.25) is 0 Å². The number of carbonyl (C=O) groups is 2. The van der Waals surface area contributed by atoms with Crippen LogP contribution >= 0.6 is 0 Å². The second-order valence-corrected chi connectivity index (χ2v) is 7.20. The van der Waals surface area contributed by atoms with Crippen LogP contribution in [0.1, 0.15) is 39.7 Å². The summed E-state index contributed by atoms with van der Waals surface area (Å²) in [5.41, 5.74) is 0.299. The summed E-state index contributed by atoms with van der Waals surface area (Å²) in [6, 6.07) is 8.60. The van der Waals surface area contributed by atoms with Crippen molar-refractivity contribution in [1.29, 1.82) is 0 Å². The smallest absolute Gasteiger partial charge is 0.408 e. The number of rotatable bonds is 10. The molecular formula is C20H31NO6. The molecule has 0 aliphatic rings. The highest BCUT2D eigenvalue weighted by molar-refractivity contribution is 5.81. The molecule has 27 heavy (non-hydrogen) atoms. The van der Waals surface area contributed by atoms with E-state index in [1.54, 1.807) is 27.9 Å². The summed E-state index contributed by atoms with van der Waals surface area (Å²) in [6.07, 6.45) is -0.158. The summed E-state index contributed by atoms with van der Waals surface area (Å²) < 4.78 is 21.2. The van der Waals surface area contributed by atoms with Crippen molar-refractivity contribution >= 4 is 12.1 Å². The average molecular weight is 381 g/mol. The van der Waals surface area contributed by atoms with Gasteiger partial charge in [-0.15, -0.1) is 0 Å². The molecule has 0 saturated carbocycles. The SMILES string of the molecule is CO[C@H](C)CCOC(=O)[C@H](COCc1ccccc1)NC(=O)OC(C)(C)C. The Morgan fingerprint density at radius 2 is 1.81 bits per heavy atom. The summed E-state index contributed by atoms with van der Waals surface area (Å²) in [6.45, 7) is 7.62. The zero-order chi connectivity index (χ0) is 20.3. The Bertz CT molecular complexity index is 570. The Morgan fingerprint density at radius 3 is 2.41 bits per heavy atom. The van der Waals surface area contributed by atoms with Crippen LogP contribution in [-0.2, 0) is 30.3 Å². The molecule has 0 saturated heterocycles. The van der Waals surface area contributed by atoms with Gasteiger partial charge in [-0.2, -0.15) is 0 Å². The molecule has 0 spiro atoms. The predicted octanol–water partition coefficient (Wildman–Crippen LogP) is 3.06. The summed E-state index contributed by atoms with van der Waals surface area (Å²) >= 11 is 0. The maximum atomic E-state index is 12.3. The van der Waals surface area contributed by atoms with E-state index < -0.39 is 23.7 Å². The first-order valence-electron chi connectivity index (χ1n) is 9.02. The Balaban J connectivity index is 2.58. The van der Waals surface area contributed by atoms with Crippen molar-refractivity contribution in [2.75, 3.05) is 20.3 Å². The average Bonchev–Trinajstić information content (AvgIpc) is 2.59. The molecular weight excluding hydrogens is 350 g/mol. The number of esters is 1. The van der Waals surface area contributed by atoms with E-state index in [0.717, 1.165) is 5.56 Å². The highest BCUT2D eigenvalue weighted by Crippen LogP contribution is 2.08. The van der Waals surface area contributed by atoms with Crippen molar-refractivity contribution in [1.82, 2.24) is 5.32 Å². The Hall–Kier alpha value is -2.12. The molecule has 7 heteroatoms. The monoisotopic (exact) mass is 381 g/mol. The van der Waals surface area contributed by atoms with Gasteiger partial charge in [-0.05, 0) is 33.3 Å². The maximum absolute atomic E-state index is 12.3. The van der Waals surface area contributed by atoms with Crippen molar-refractivity contribution in [2.24, 2.45) is 0 Å². The Morgan fingerprint density at radius 1 is 1.15 bits per heavy atom. The van der Waals surface area contributed by atoms with Crippen LogP contribution in [0.15, 0.2) is 30.3 Å². The van der Waals surface area contributed by atoms with E-state index in [2.05, 4.69) is 5.32 Å². The van der Waals surface area contributed by atoms with Crippen molar-refractivity contribution < 1.29 is 28.5 Å². The number of hydrogen-bond acceptors (Lipinski definition) is 6. The van der Waals surface area contributed by atoms with Gasteiger partial charge in [0.05, 0.1) is 25.9 Å². The van der Waals surface area contributed by atoms with Crippen LogP contribution in [0.4, 0.5) is 4.79 Å². The molecule has 1 N–H and O–H groups in total. The van der Waals surface area contributed by atoms with Crippen LogP contribution in [0.3, 0.4) is 0 Å². The van der Waals surface area contributed by atoms with Crippen LogP contribution in [0.5, 0.6) is 0 Å². The highest BCUT2D eigenvalue weighted by atomic mass is 16.6. The molecule has 152 valence electrons. The first kappa shape index (κ1) is 22.9. The van der Waals surface area contributed by atoms with Crippen LogP contribution in [-0.4, -0.2) is 50.1 Å². The number of carbonyl (C=O) groups excluding carboxylic acids is 2. The first-order chi connectivity index (χ1) is 12.7. The minimum absolute atomic E-state index is 0.0210. The minimum Gasteiger partial charge on any atom is -0.464 e. The van der Waals surface area contributed by atoms with E-state index in [-0.39, 0.29) is 19.3 Å². The second-order valence-electron chi connectivity index (χ2n) is 7.20. The standard InChI is InChI=1S/C20H31NO6/c1-15(24-5)11-12-26-18(22)17(21-19(23)27-20(2,3)4)14-25-13-16-9-7-6-8-10-16/h6-10,15,17H,11-14H2,1-5H3,(H,21,23)/t15-,17+/m1/s1. The van der Waals surface area contributed by atoms with Gasteiger partial charge in [0.25, 0.3) is 0 Å². The van der Waals surface area contributed by atoms with Gasteiger partial charge in [-0.1, -0.05) is 30.3 Å². The molecule has 1 aromatic rings. The molecule has 1 aromatic carbocycles. The lowest BCUT2D eigenvalue weighted by molar-refractivity contribution is -0.148. The molecule has 1 amide bonds. The quantitative estimate of drug-likeness (QED) is 0.627. The van der Waals surface area contributed by atoms with Gasteiger partial charge in [-0.25, -0.2) is 9.59 Å². The number of amides is 1. The Kier molecular flexibility index (Phi) is 9.82. The topological polar surface area (TPSA) is 83.1 Å². The fourth-order valence-electron chi connectivity index (χ4n) is 2.03. The third-order valence-electron chi connectivity index (χ3n) is 3.54. The summed E-state index contributed by atoms with van der Waals surface area (Å²) in [7, 11) is 1.59. The molecule has 0 unspecified atom stereocenters. The van der Waals surface area contributed by atoms with Crippen molar-refractivity contribution in [3.05, 3.63) is 35.9 Å². The van der Waals surface area contributed by atoms with E-state index >= 15 is 0 Å². The molecule has 1 rings (SSSR count). The zero-order valence-corrected chi connectivity index (χ0v) is 16.8. The molecule has 0 radical (unpaired) electrons. The number of benzene rings is 1. The van der Waals surface area contributed by atoms with Crippen molar-refractivity contribution in [2.45, 2.75) is 58.5 Å². The lowest BCUT2D eigenvalue weighted by atomic mass is 10.2. The van der Waals surface area contributed by atoms with E-state index in [1.807, 2.05) is 37.3 Å². The summed E-state index contributed by atoms with van der Waals surface area (Å²) in [5.74, 6) is -0.572.